The quantitative estimate of drug-likeness (QED) is 0.683. The summed E-state index contributed by atoms with van der Waals surface area (Å²) in [4.78, 5) is 12.2. The molecule has 0 radical (unpaired) electrons. The number of rotatable bonds is 4. The maximum absolute atomic E-state index is 13.5. The topological polar surface area (TPSA) is 50.7 Å². The molecule has 7 heteroatoms. The van der Waals surface area contributed by atoms with Crippen molar-refractivity contribution >= 4 is 16.7 Å². The largest absolute Gasteiger partial charge is 0.363 e. The lowest BCUT2D eigenvalue weighted by Gasteiger charge is -2.20. The number of aromatic nitrogens is 3. The predicted octanol–water partition coefficient (Wildman–Crippen LogP) is 4.89. The Morgan fingerprint density at radius 2 is 1.80 bits per heavy atom. The summed E-state index contributed by atoms with van der Waals surface area (Å²) in [6.07, 6.45) is -1.19. The van der Waals surface area contributed by atoms with Crippen LogP contribution >= 0.6 is 0 Å². The molecule has 0 saturated carbocycles. The van der Waals surface area contributed by atoms with Crippen molar-refractivity contribution in [2.75, 3.05) is 5.32 Å². The van der Waals surface area contributed by atoms with Gasteiger partial charge in [0.2, 0.25) is 5.95 Å². The van der Waals surface area contributed by atoms with E-state index in [2.05, 4.69) is 20.3 Å². The van der Waals surface area contributed by atoms with Crippen LogP contribution in [0.1, 0.15) is 41.9 Å². The van der Waals surface area contributed by atoms with Gasteiger partial charge in [0.05, 0.1) is 17.8 Å². The minimum atomic E-state index is -2.53. The van der Waals surface area contributed by atoms with E-state index < -0.39 is 12.4 Å². The van der Waals surface area contributed by atoms with Crippen LogP contribution < -0.4 is 5.32 Å². The van der Waals surface area contributed by atoms with E-state index in [1.54, 1.807) is 26.0 Å². The summed E-state index contributed by atoms with van der Waals surface area (Å²) in [5.74, 6) is 0.318. The molecule has 25 heavy (non-hydrogen) atoms. The molecule has 0 saturated heterocycles. The van der Waals surface area contributed by atoms with E-state index in [4.69, 9.17) is 0 Å². The van der Waals surface area contributed by atoms with E-state index in [9.17, 15) is 13.2 Å². The third kappa shape index (κ3) is 3.40. The molecule has 2 heterocycles. The highest BCUT2D eigenvalue weighted by atomic mass is 19.3. The van der Waals surface area contributed by atoms with Gasteiger partial charge in [-0.05, 0) is 31.9 Å². The molecule has 1 atom stereocenters. The molecule has 0 bridgehead atoms. The first-order valence-electron chi connectivity index (χ1n) is 7.81. The highest BCUT2D eigenvalue weighted by molar-refractivity contribution is 5.88. The van der Waals surface area contributed by atoms with Crippen molar-refractivity contribution in [1.82, 2.24) is 15.0 Å². The lowest BCUT2D eigenvalue weighted by atomic mass is 9.97. The molecule has 0 amide bonds. The highest BCUT2D eigenvalue weighted by Gasteiger charge is 2.17. The smallest absolute Gasteiger partial charge is 0.264 e. The molecule has 0 spiro atoms. The summed E-state index contributed by atoms with van der Waals surface area (Å²) in [7, 11) is 0. The Labute approximate surface area is 143 Å². The van der Waals surface area contributed by atoms with Crippen LogP contribution in [0.5, 0.6) is 0 Å². The van der Waals surface area contributed by atoms with Gasteiger partial charge in [-0.25, -0.2) is 23.7 Å². The fourth-order valence-corrected chi connectivity index (χ4v) is 2.89. The standard InChI is InChI=1S/C18H17F3N4/c1-9-12(5-4-6-13(9)17(20)21)10(2)23-18-14-7-16(19)22-8-15(14)24-11(3)25-18/h4-8,10,17H,1-3H3,(H,23,24,25)/t10-/m1/s1. The average molecular weight is 346 g/mol. The molecule has 1 aromatic carbocycles. The number of nitrogens with zero attached hydrogens (tertiary/aromatic N) is 3. The molecule has 2 aromatic heterocycles. The van der Waals surface area contributed by atoms with Gasteiger partial charge in [-0.3, -0.25) is 0 Å². The summed E-state index contributed by atoms with van der Waals surface area (Å²) >= 11 is 0. The van der Waals surface area contributed by atoms with E-state index in [0.717, 1.165) is 5.56 Å². The molecule has 0 unspecified atom stereocenters. The second kappa shape index (κ2) is 6.66. The third-order valence-electron chi connectivity index (χ3n) is 4.13. The summed E-state index contributed by atoms with van der Waals surface area (Å²) in [6, 6.07) is 5.77. The number of hydrogen-bond donors (Lipinski definition) is 1. The minimum absolute atomic E-state index is 0.00474. The fourth-order valence-electron chi connectivity index (χ4n) is 2.89. The van der Waals surface area contributed by atoms with Crippen LogP contribution in [-0.2, 0) is 0 Å². The molecule has 0 aliphatic carbocycles. The number of alkyl halides is 2. The van der Waals surface area contributed by atoms with Crippen LogP contribution in [0, 0.1) is 19.8 Å². The van der Waals surface area contributed by atoms with Crippen molar-refractivity contribution < 1.29 is 13.2 Å². The molecule has 4 nitrogen and oxygen atoms in total. The SMILES string of the molecule is Cc1nc(N[C@H](C)c2cccc(C(F)F)c2C)c2cc(F)ncc2n1. The molecular formula is C18H17F3N4. The summed E-state index contributed by atoms with van der Waals surface area (Å²) < 4.78 is 39.7. The van der Waals surface area contributed by atoms with E-state index in [1.165, 1.54) is 18.3 Å². The van der Waals surface area contributed by atoms with Crippen LogP contribution in [0.25, 0.3) is 10.9 Å². The normalized spacial score (nSPS) is 12.6. The maximum atomic E-state index is 13.5. The van der Waals surface area contributed by atoms with Crippen molar-refractivity contribution in [3.05, 3.63) is 58.9 Å². The van der Waals surface area contributed by atoms with Gasteiger partial charge < -0.3 is 5.32 Å². The summed E-state index contributed by atoms with van der Waals surface area (Å²) in [5, 5.41) is 3.68. The van der Waals surface area contributed by atoms with Gasteiger partial charge in [-0.15, -0.1) is 0 Å². The first kappa shape index (κ1) is 17.1. The zero-order valence-electron chi connectivity index (χ0n) is 14.0. The number of hydrogen-bond acceptors (Lipinski definition) is 4. The molecule has 1 N–H and O–H groups in total. The number of anilines is 1. The molecule has 0 aliphatic heterocycles. The van der Waals surface area contributed by atoms with Crippen molar-refractivity contribution in [3.8, 4) is 0 Å². The van der Waals surface area contributed by atoms with Gasteiger partial charge in [0, 0.05) is 17.0 Å². The monoisotopic (exact) mass is 346 g/mol. The van der Waals surface area contributed by atoms with Crippen molar-refractivity contribution in [2.45, 2.75) is 33.2 Å². The number of fused-ring (bicyclic) bond motifs is 1. The van der Waals surface area contributed by atoms with Gasteiger partial charge in [0.25, 0.3) is 6.43 Å². The van der Waals surface area contributed by atoms with Gasteiger partial charge in [-0.2, -0.15) is 4.39 Å². The van der Waals surface area contributed by atoms with Crippen LogP contribution in [-0.4, -0.2) is 15.0 Å². The number of benzene rings is 1. The zero-order chi connectivity index (χ0) is 18.1. The van der Waals surface area contributed by atoms with E-state index in [0.29, 0.717) is 28.1 Å². The summed E-state index contributed by atoms with van der Waals surface area (Å²) in [6.45, 7) is 5.24. The average Bonchev–Trinajstić information content (AvgIpc) is 2.55. The minimum Gasteiger partial charge on any atom is -0.363 e. The molecule has 130 valence electrons. The number of pyridine rings is 1. The van der Waals surface area contributed by atoms with Crippen molar-refractivity contribution in [2.24, 2.45) is 0 Å². The van der Waals surface area contributed by atoms with Crippen LogP contribution in [0.15, 0.2) is 30.5 Å². The number of aryl methyl sites for hydroxylation is 1. The molecule has 3 aromatic rings. The highest BCUT2D eigenvalue weighted by Crippen LogP contribution is 2.30. The van der Waals surface area contributed by atoms with E-state index in [1.807, 2.05) is 6.92 Å². The van der Waals surface area contributed by atoms with Gasteiger partial charge in [0.1, 0.15) is 11.6 Å². The first-order valence-corrected chi connectivity index (χ1v) is 7.81. The van der Waals surface area contributed by atoms with Gasteiger partial charge >= 0.3 is 0 Å². The van der Waals surface area contributed by atoms with Gasteiger partial charge in [0.15, 0.2) is 0 Å². The molecular weight excluding hydrogens is 329 g/mol. The van der Waals surface area contributed by atoms with E-state index >= 15 is 0 Å². The Morgan fingerprint density at radius 3 is 2.52 bits per heavy atom. The van der Waals surface area contributed by atoms with Crippen molar-refractivity contribution in [3.63, 3.8) is 0 Å². The predicted molar refractivity (Wildman–Crippen MR) is 90.2 cm³/mol. The number of nitrogens with one attached hydrogen (secondary N) is 1. The zero-order valence-corrected chi connectivity index (χ0v) is 14.0. The van der Waals surface area contributed by atoms with E-state index in [-0.39, 0.29) is 11.6 Å². The van der Waals surface area contributed by atoms with Crippen LogP contribution in [0.3, 0.4) is 0 Å². The first-order chi connectivity index (χ1) is 11.9. The Kier molecular flexibility index (Phi) is 4.57. The van der Waals surface area contributed by atoms with Crippen LogP contribution in [0.2, 0.25) is 0 Å². The third-order valence-corrected chi connectivity index (χ3v) is 4.13. The Morgan fingerprint density at radius 1 is 1.08 bits per heavy atom. The molecule has 3 rings (SSSR count). The summed E-state index contributed by atoms with van der Waals surface area (Å²) in [5.41, 5.74) is 1.78. The fraction of sp³-hybridized carbons (Fsp3) is 0.278. The number of halogens is 3. The molecule has 0 aliphatic rings. The lowest BCUT2D eigenvalue weighted by Crippen LogP contribution is -2.12. The lowest BCUT2D eigenvalue weighted by molar-refractivity contribution is 0.150. The van der Waals surface area contributed by atoms with Gasteiger partial charge in [-0.1, -0.05) is 18.2 Å². The second-order valence-corrected chi connectivity index (χ2v) is 5.87. The Balaban J connectivity index is 2.02. The maximum Gasteiger partial charge on any atom is 0.264 e. The van der Waals surface area contributed by atoms with Crippen molar-refractivity contribution in [1.29, 1.82) is 0 Å². The van der Waals surface area contributed by atoms with Crippen LogP contribution in [0.4, 0.5) is 19.0 Å². The Bertz CT molecular complexity index is 928. The second-order valence-electron chi connectivity index (χ2n) is 5.87. The molecule has 0 fully saturated rings. The Hall–Kier alpha value is -2.70.